The van der Waals surface area contributed by atoms with E-state index in [1.165, 1.54) is 25.4 Å². The zero-order chi connectivity index (χ0) is 25.5. The van der Waals surface area contributed by atoms with Crippen molar-refractivity contribution in [3.8, 4) is 11.6 Å². The first-order chi connectivity index (χ1) is 17.3. The van der Waals surface area contributed by atoms with Gasteiger partial charge in [-0.1, -0.05) is 0 Å². The van der Waals surface area contributed by atoms with E-state index in [-0.39, 0.29) is 35.5 Å². The van der Waals surface area contributed by atoms with E-state index in [0.29, 0.717) is 12.4 Å². The Kier molecular flexibility index (Phi) is 7.89. The molecule has 1 amide bonds. The summed E-state index contributed by atoms with van der Waals surface area (Å²) in [5, 5.41) is 8.87. The minimum absolute atomic E-state index is 0.0297. The van der Waals surface area contributed by atoms with Gasteiger partial charge in [0.25, 0.3) is 5.91 Å². The van der Waals surface area contributed by atoms with Crippen molar-refractivity contribution in [1.82, 2.24) is 15.3 Å². The highest BCUT2D eigenvalue weighted by Crippen LogP contribution is 2.34. The zero-order valence-electron chi connectivity index (χ0n) is 19.6. The number of ether oxygens (including phenoxy) is 2. The Balaban J connectivity index is 1.50. The number of alkyl halides is 3. The number of nitrogens with zero attached hydrogens (tertiary/aromatic N) is 2. The van der Waals surface area contributed by atoms with Crippen molar-refractivity contribution in [3.05, 3.63) is 71.5 Å². The first-order valence-electron chi connectivity index (χ1n) is 11.4. The van der Waals surface area contributed by atoms with Crippen LogP contribution >= 0.6 is 0 Å². The van der Waals surface area contributed by atoms with Gasteiger partial charge in [0.15, 0.2) is 0 Å². The van der Waals surface area contributed by atoms with Crippen molar-refractivity contribution in [1.29, 1.82) is 0 Å². The van der Waals surface area contributed by atoms with Crippen LogP contribution < -0.4 is 25.4 Å². The topological polar surface area (TPSA) is 97.4 Å². The number of hydrogen-bond acceptors (Lipinski definition) is 7. The SMILES string of the molecule is COc1cc(CNc2ncccc2C(=O)Nc2cc(OCC3CCCN3)cc(C(F)(F)F)c2)ccn1. The van der Waals surface area contributed by atoms with Crippen molar-refractivity contribution in [2.75, 3.05) is 30.9 Å². The zero-order valence-corrected chi connectivity index (χ0v) is 19.6. The molecule has 0 aliphatic carbocycles. The molecule has 0 bridgehead atoms. The lowest BCUT2D eigenvalue weighted by atomic mass is 10.1. The summed E-state index contributed by atoms with van der Waals surface area (Å²) in [5.74, 6) is 0.145. The molecular formula is C25H26F3N5O3. The van der Waals surface area contributed by atoms with Gasteiger partial charge in [0.1, 0.15) is 18.2 Å². The summed E-state index contributed by atoms with van der Waals surface area (Å²) in [6.07, 6.45) is 0.397. The van der Waals surface area contributed by atoms with Gasteiger partial charge in [-0.05, 0) is 55.3 Å². The van der Waals surface area contributed by atoms with E-state index < -0.39 is 17.6 Å². The molecule has 8 nitrogen and oxygen atoms in total. The van der Waals surface area contributed by atoms with Crippen molar-refractivity contribution in [2.45, 2.75) is 31.6 Å². The third-order valence-corrected chi connectivity index (χ3v) is 5.63. The van der Waals surface area contributed by atoms with E-state index in [0.717, 1.165) is 37.1 Å². The van der Waals surface area contributed by atoms with Crippen molar-refractivity contribution in [3.63, 3.8) is 0 Å². The number of rotatable bonds is 9. The molecule has 4 rings (SSSR count). The van der Waals surface area contributed by atoms with Gasteiger partial charge in [-0.15, -0.1) is 0 Å². The summed E-state index contributed by atoms with van der Waals surface area (Å²) in [6.45, 7) is 1.42. The van der Waals surface area contributed by atoms with Crippen LogP contribution in [0.2, 0.25) is 0 Å². The molecule has 0 saturated carbocycles. The molecule has 1 aliphatic heterocycles. The Morgan fingerprint density at radius 3 is 2.78 bits per heavy atom. The van der Waals surface area contributed by atoms with Crippen LogP contribution in [0.5, 0.6) is 11.6 Å². The van der Waals surface area contributed by atoms with E-state index in [1.54, 1.807) is 24.4 Å². The molecule has 2 aromatic heterocycles. The summed E-state index contributed by atoms with van der Waals surface area (Å²) >= 11 is 0. The fraction of sp³-hybridized carbons (Fsp3) is 0.320. The van der Waals surface area contributed by atoms with Gasteiger partial charge in [-0.25, -0.2) is 9.97 Å². The molecule has 1 saturated heterocycles. The molecule has 1 aromatic carbocycles. The third-order valence-electron chi connectivity index (χ3n) is 5.63. The highest BCUT2D eigenvalue weighted by atomic mass is 19.4. The predicted molar refractivity (Wildman–Crippen MR) is 128 cm³/mol. The second-order valence-corrected chi connectivity index (χ2v) is 8.26. The summed E-state index contributed by atoms with van der Waals surface area (Å²) < 4.78 is 51.3. The summed E-state index contributed by atoms with van der Waals surface area (Å²) in [4.78, 5) is 21.3. The van der Waals surface area contributed by atoms with Gasteiger partial charge in [-0.2, -0.15) is 13.2 Å². The van der Waals surface area contributed by atoms with Gasteiger partial charge >= 0.3 is 6.18 Å². The lowest BCUT2D eigenvalue weighted by molar-refractivity contribution is -0.137. The van der Waals surface area contributed by atoms with E-state index >= 15 is 0 Å². The van der Waals surface area contributed by atoms with E-state index in [1.807, 2.05) is 0 Å². The average Bonchev–Trinajstić information content (AvgIpc) is 3.40. The molecule has 3 aromatic rings. The fourth-order valence-electron chi connectivity index (χ4n) is 3.80. The third kappa shape index (κ3) is 6.63. The summed E-state index contributed by atoms with van der Waals surface area (Å²) in [7, 11) is 1.51. The van der Waals surface area contributed by atoms with Gasteiger partial charge < -0.3 is 25.4 Å². The molecule has 3 N–H and O–H groups in total. The molecule has 3 heterocycles. The fourth-order valence-corrected chi connectivity index (χ4v) is 3.80. The van der Waals surface area contributed by atoms with Crippen molar-refractivity contribution < 1.29 is 27.4 Å². The van der Waals surface area contributed by atoms with Gasteiger partial charge in [0.2, 0.25) is 5.88 Å². The largest absolute Gasteiger partial charge is 0.492 e. The molecule has 0 spiro atoms. The van der Waals surface area contributed by atoms with Gasteiger partial charge in [0, 0.05) is 42.8 Å². The number of benzene rings is 1. The number of aromatic nitrogens is 2. The smallest absolute Gasteiger partial charge is 0.416 e. The van der Waals surface area contributed by atoms with Gasteiger partial charge in [0.05, 0.1) is 18.2 Å². The molecule has 0 radical (unpaired) electrons. The van der Waals surface area contributed by atoms with Crippen LogP contribution in [0.15, 0.2) is 54.9 Å². The first-order valence-corrected chi connectivity index (χ1v) is 11.4. The number of hydrogen-bond donors (Lipinski definition) is 3. The Bertz CT molecular complexity index is 1200. The average molecular weight is 502 g/mol. The van der Waals surface area contributed by atoms with E-state index in [4.69, 9.17) is 9.47 Å². The highest BCUT2D eigenvalue weighted by molar-refractivity contribution is 6.07. The van der Waals surface area contributed by atoms with Crippen LogP contribution in [0.1, 0.15) is 34.3 Å². The number of carbonyl (C=O) groups excluding carboxylic acids is 1. The number of nitrogens with one attached hydrogen (secondary N) is 3. The minimum atomic E-state index is -4.60. The number of pyridine rings is 2. The Hall–Kier alpha value is -3.86. The predicted octanol–water partition coefficient (Wildman–Crippen LogP) is 4.50. The molecule has 1 atom stereocenters. The lowest BCUT2D eigenvalue weighted by Crippen LogP contribution is -2.28. The standard InChI is InChI=1S/C25H26F3N5O3/c1-35-22-10-16(6-9-30-22)14-32-23-21(5-3-8-31-23)24(34)33-19-11-17(25(26,27)28)12-20(13-19)36-15-18-4-2-7-29-18/h3,5-6,8-13,18,29H,2,4,7,14-15H2,1H3,(H,31,32)(H,33,34). The normalized spacial score (nSPS) is 15.4. The molecule has 1 aliphatic rings. The Morgan fingerprint density at radius 1 is 1.17 bits per heavy atom. The van der Waals surface area contributed by atoms with Gasteiger partial charge in [-0.3, -0.25) is 4.79 Å². The number of halogens is 3. The van der Waals surface area contributed by atoms with Crippen LogP contribution in [0.25, 0.3) is 0 Å². The van der Waals surface area contributed by atoms with Crippen molar-refractivity contribution >= 4 is 17.4 Å². The maximum atomic E-state index is 13.5. The molecule has 1 fully saturated rings. The number of amides is 1. The summed E-state index contributed by atoms with van der Waals surface area (Å²) in [5.41, 5.74) is 0.0765. The maximum absolute atomic E-state index is 13.5. The molecule has 1 unspecified atom stereocenters. The lowest BCUT2D eigenvalue weighted by Gasteiger charge is -2.16. The van der Waals surface area contributed by atoms with Crippen LogP contribution in [-0.4, -0.2) is 42.2 Å². The monoisotopic (exact) mass is 501 g/mol. The molecule has 36 heavy (non-hydrogen) atoms. The molecule has 11 heteroatoms. The van der Waals surface area contributed by atoms with E-state index in [2.05, 4.69) is 25.9 Å². The second-order valence-electron chi connectivity index (χ2n) is 8.26. The van der Waals surface area contributed by atoms with E-state index in [9.17, 15) is 18.0 Å². The Morgan fingerprint density at radius 2 is 2.03 bits per heavy atom. The Labute approximate surface area is 206 Å². The summed E-state index contributed by atoms with van der Waals surface area (Å²) in [6, 6.07) is 9.91. The first kappa shape index (κ1) is 25.2. The van der Waals surface area contributed by atoms with Crippen LogP contribution in [-0.2, 0) is 12.7 Å². The number of methoxy groups -OCH3 is 1. The highest BCUT2D eigenvalue weighted by Gasteiger charge is 2.32. The number of carbonyl (C=O) groups is 1. The second kappa shape index (κ2) is 11.3. The quantitative estimate of drug-likeness (QED) is 0.397. The number of anilines is 2. The molecular weight excluding hydrogens is 475 g/mol. The van der Waals surface area contributed by atoms with Crippen LogP contribution in [0.4, 0.5) is 24.7 Å². The molecule has 190 valence electrons. The van der Waals surface area contributed by atoms with Crippen molar-refractivity contribution in [2.24, 2.45) is 0 Å². The minimum Gasteiger partial charge on any atom is -0.492 e. The van der Waals surface area contributed by atoms with Crippen LogP contribution in [0.3, 0.4) is 0 Å². The van der Waals surface area contributed by atoms with Crippen LogP contribution in [0, 0.1) is 0 Å². The maximum Gasteiger partial charge on any atom is 0.416 e.